The zero-order valence-electron chi connectivity index (χ0n) is 17.8. The summed E-state index contributed by atoms with van der Waals surface area (Å²) in [4.78, 5) is 17.3. The molecule has 0 radical (unpaired) electrons. The third-order valence-electron chi connectivity index (χ3n) is 7.73. The van der Waals surface area contributed by atoms with Crippen molar-refractivity contribution in [3.05, 3.63) is 35.4 Å². The van der Waals surface area contributed by atoms with Crippen LogP contribution in [0.3, 0.4) is 0 Å². The molecule has 4 fully saturated rings. The number of carbonyl (C=O) groups excluding carboxylic acids is 1. The van der Waals surface area contributed by atoms with Crippen molar-refractivity contribution >= 4 is 5.91 Å². The lowest BCUT2D eigenvalue weighted by molar-refractivity contribution is -0.151. The standard InChI is InChI=1S/C21H30F2N6O2/c1-11-17(24)21(10-31-11)5-7-29(8-6-21)20-25-18-15(19(30)28(20)2)16(26-27-18)12-3-4-13(22)14(23)9-12/h3-4,9,11,15-18,20,25-27H,5-8,10,24H2,1-2H3/t11-,15?,16?,17+,18?,20?/m0/s1. The molecule has 1 amide bonds. The largest absolute Gasteiger partial charge is 0.376 e. The van der Waals surface area contributed by atoms with Crippen molar-refractivity contribution in [1.29, 1.82) is 0 Å². The van der Waals surface area contributed by atoms with Crippen molar-refractivity contribution in [1.82, 2.24) is 26.0 Å². The fourth-order valence-corrected chi connectivity index (χ4v) is 5.64. The SMILES string of the molecule is C[C@@H]1OCC2(CCN(C3NC4NNC(c5ccc(F)c(F)c5)C4C(=O)N3C)CC2)[C@@H]1N. The summed E-state index contributed by atoms with van der Waals surface area (Å²) in [5.41, 5.74) is 13.2. The molecule has 1 aromatic carbocycles. The number of carbonyl (C=O) groups is 1. The summed E-state index contributed by atoms with van der Waals surface area (Å²) < 4.78 is 32.9. The third kappa shape index (κ3) is 3.37. The van der Waals surface area contributed by atoms with E-state index in [1.807, 2.05) is 6.92 Å². The Morgan fingerprint density at radius 1 is 1.19 bits per heavy atom. The van der Waals surface area contributed by atoms with Gasteiger partial charge in [0.05, 0.1) is 30.8 Å². The molecule has 6 atom stereocenters. The molecule has 0 aromatic heterocycles. The molecule has 4 heterocycles. The average molecular weight is 437 g/mol. The van der Waals surface area contributed by atoms with E-state index in [0.29, 0.717) is 12.2 Å². The van der Waals surface area contributed by atoms with E-state index >= 15 is 0 Å². The minimum Gasteiger partial charge on any atom is -0.376 e. The van der Waals surface area contributed by atoms with Crippen molar-refractivity contribution in [2.75, 3.05) is 26.7 Å². The highest BCUT2D eigenvalue weighted by molar-refractivity contribution is 5.81. The number of hydrogen-bond donors (Lipinski definition) is 4. The second-order valence-electron chi connectivity index (χ2n) is 9.37. The number of hydrazine groups is 1. The predicted octanol–water partition coefficient (Wildman–Crippen LogP) is 0.229. The molecule has 1 spiro atoms. The molecule has 8 nitrogen and oxygen atoms in total. The lowest BCUT2D eigenvalue weighted by Gasteiger charge is -2.49. The van der Waals surface area contributed by atoms with Gasteiger partial charge < -0.3 is 15.4 Å². The first-order valence-electron chi connectivity index (χ1n) is 10.9. The van der Waals surface area contributed by atoms with E-state index < -0.39 is 23.6 Å². The molecule has 5 rings (SSSR count). The van der Waals surface area contributed by atoms with Gasteiger partial charge in [0.25, 0.3) is 0 Å². The van der Waals surface area contributed by atoms with E-state index in [4.69, 9.17) is 10.5 Å². The molecule has 4 unspecified atom stereocenters. The van der Waals surface area contributed by atoms with Gasteiger partial charge >= 0.3 is 0 Å². The molecule has 4 aliphatic rings. The zero-order chi connectivity index (χ0) is 21.9. The lowest BCUT2D eigenvalue weighted by atomic mass is 9.73. The molecular formula is C21H30F2N6O2. The summed E-state index contributed by atoms with van der Waals surface area (Å²) in [5, 5.41) is 3.52. The number of hydrogen-bond acceptors (Lipinski definition) is 7. The Bertz CT molecular complexity index is 864. The molecule has 0 saturated carbocycles. The summed E-state index contributed by atoms with van der Waals surface area (Å²) in [6, 6.07) is 3.33. The molecule has 170 valence electrons. The van der Waals surface area contributed by atoms with Crippen LogP contribution in [-0.2, 0) is 9.53 Å². The number of amides is 1. The molecule has 5 N–H and O–H groups in total. The molecule has 0 bridgehead atoms. The van der Waals surface area contributed by atoms with E-state index in [9.17, 15) is 13.6 Å². The highest BCUT2D eigenvalue weighted by atomic mass is 19.2. The van der Waals surface area contributed by atoms with Crippen LogP contribution in [0.1, 0.15) is 31.4 Å². The van der Waals surface area contributed by atoms with E-state index in [2.05, 4.69) is 21.1 Å². The van der Waals surface area contributed by atoms with E-state index in [-0.39, 0.29) is 35.9 Å². The number of nitrogens with zero attached hydrogens (tertiary/aromatic N) is 2. The van der Waals surface area contributed by atoms with Crippen molar-refractivity contribution in [3.63, 3.8) is 0 Å². The van der Waals surface area contributed by atoms with Gasteiger partial charge in [-0.25, -0.2) is 19.6 Å². The average Bonchev–Trinajstić information content (AvgIpc) is 3.31. The molecule has 4 saturated heterocycles. The maximum atomic E-state index is 13.8. The van der Waals surface area contributed by atoms with Gasteiger partial charge in [-0.15, -0.1) is 0 Å². The topological polar surface area (TPSA) is 94.9 Å². The number of nitrogens with two attached hydrogens (primary N) is 1. The Morgan fingerprint density at radius 2 is 1.94 bits per heavy atom. The lowest BCUT2D eigenvalue weighted by Crippen LogP contribution is -2.70. The number of fused-ring (bicyclic) bond motifs is 1. The fraction of sp³-hybridized carbons (Fsp3) is 0.667. The van der Waals surface area contributed by atoms with Crippen LogP contribution in [0.5, 0.6) is 0 Å². The first kappa shape index (κ1) is 21.2. The first-order valence-corrected chi connectivity index (χ1v) is 10.9. The minimum absolute atomic E-state index is 0.0145. The Labute approximate surface area is 180 Å². The maximum Gasteiger partial charge on any atom is 0.232 e. The molecule has 0 aliphatic carbocycles. The summed E-state index contributed by atoms with van der Waals surface area (Å²) in [7, 11) is 1.79. The molecular weight excluding hydrogens is 406 g/mol. The number of likely N-dealkylation sites (tertiary alicyclic amines) is 1. The molecule has 4 aliphatic heterocycles. The number of benzene rings is 1. The van der Waals surface area contributed by atoms with Crippen LogP contribution in [-0.4, -0.2) is 67.1 Å². The Balaban J connectivity index is 1.29. The fourth-order valence-electron chi connectivity index (χ4n) is 5.64. The van der Waals surface area contributed by atoms with Gasteiger partial charge in [-0.2, -0.15) is 0 Å². The van der Waals surface area contributed by atoms with Crippen molar-refractivity contribution in [2.45, 2.75) is 50.4 Å². The van der Waals surface area contributed by atoms with Crippen molar-refractivity contribution < 1.29 is 18.3 Å². The molecule has 1 aromatic rings. The van der Waals surface area contributed by atoms with Crippen molar-refractivity contribution in [2.24, 2.45) is 17.1 Å². The van der Waals surface area contributed by atoms with Crippen LogP contribution in [0.2, 0.25) is 0 Å². The van der Waals surface area contributed by atoms with Crippen LogP contribution >= 0.6 is 0 Å². The van der Waals surface area contributed by atoms with Crippen LogP contribution in [0, 0.1) is 23.0 Å². The first-order chi connectivity index (χ1) is 14.8. The minimum atomic E-state index is -0.920. The molecule has 10 heteroatoms. The zero-order valence-corrected chi connectivity index (χ0v) is 17.8. The van der Waals surface area contributed by atoms with Gasteiger partial charge in [-0.3, -0.25) is 15.0 Å². The molecule has 31 heavy (non-hydrogen) atoms. The van der Waals surface area contributed by atoms with Gasteiger partial charge in [-0.05, 0) is 37.5 Å². The van der Waals surface area contributed by atoms with Gasteiger partial charge in [0, 0.05) is 31.6 Å². The smallest absolute Gasteiger partial charge is 0.232 e. The van der Waals surface area contributed by atoms with Crippen LogP contribution in [0.25, 0.3) is 0 Å². The summed E-state index contributed by atoms with van der Waals surface area (Å²) >= 11 is 0. The summed E-state index contributed by atoms with van der Waals surface area (Å²) in [6.45, 7) is 4.36. The Hall–Kier alpha value is -1.69. The maximum absolute atomic E-state index is 13.8. The van der Waals surface area contributed by atoms with Crippen LogP contribution in [0.15, 0.2) is 18.2 Å². The highest BCUT2D eigenvalue weighted by Crippen LogP contribution is 2.42. The Kier molecular flexibility index (Phi) is 5.27. The number of piperidine rings is 1. The monoisotopic (exact) mass is 436 g/mol. The normalized spacial score (nSPS) is 38.1. The summed E-state index contributed by atoms with van der Waals surface area (Å²) in [6.07, 6.45) is 1.36. The van der Waals surface area contributed by atoms with E-state index in [1.54, 1.807) is 11.9 Å². The van der Waals surface area contributed by atoms with Crippen LogP contribution in [0.4, 0.5) is 8.78 Å². The van der Waals surface area contributed by atoms with E-state index in [1.165, 1.54) is 6.07 Å². The highest BCUT2D eigenvalue weighted by Gasteiger charge is 2.52. The van der Waals surface area contributed by atoms with Crippen LogP contribution < -0.4 is 21.9 Å². The third-order valence-corrected chi connectivity index (χ3v) is 7.73. The quantitative estimate of drug-likeness (QED) is 0.527. The van der Waals surface area contributed by atoms with E-state index in [0.717, 1.165) is 38.1 Å². The van der Waals surface area contributed by atoms with Gasteiger partial charge in [0.15, 0.2) is 11.6 Å². The van der Waals surface area contributed by atoms with Gasteiger partial charge in [-0.1, -0.05) is 6.07 Å². The second-order valence-corrected chi connectivity index (χ2v) is 9.37. The number of ether oxygens (including phenoxy) is 1. The Morgan fingerprint density at radius 3 is 2.58 bits per heavy atom. The number of rotatable bonds is 2. The number of nitrogens with one attached hydrogen (secondary N) is 3. The van der Waals surface area contributed by atoms with Gasteiger partial charge in [0.1, 0.15) is 6.29 Å². The number of halogens is 2. The summed E-state index contributed by atoms with van der Waals surface area (Å²) in [5.74, 6) is -2.34. The van der Waals surface area contributed by atoms with Gasteiger partial charge in [0.2, 0.25) is 5.91 Å². The predicted molar refractivity (Wildman–Crippen MR) is 109 cm³/mol. The second kappa shape index (κ2) is 7.72. The van der Waals surface area contributed by atoms with Crippen molar-refractivity contribution in [3.8, 4) is 0 Å².